The van der Waals surface area contributed by atoms with Gasteiger partial charge in [0.2, 0.25) is 0 Å². The summed E-state index contributed by atoms with van der Waals surface area (Å²) < 4.78 is 5.11. The maximum atomic E-state index is 12.5. The fourth-order valence-corrected chi connectivity index (χ4v) is 2.85. The molecule has 0 bridgehead atoms. The molecule has 3 aromatic rings. The number of nitrogens with zero attached hydrogens (tertiary/aromatic N) is 1. The number of fused-ring (bicyclic) bond motifs is 1. The van der Waals surface area contributed by atoms with E-state index in [1.165, 1.54) is 13.0 Å². The summed E-state index contributed by atoms with van der Waals surface area (Å²) >= 11 is 5.82. The molecule has 8 heteroatoms. The molecule has 3 aromatic carbocycles. The van der Waals surface area contributed by atoms with Gasteiger partial charge in [-0.2, -0.15) is 0 Å². The molecule has 1 atom stereocenters. The number of rotatable bonds is 5. The summed E-state index contributed by atoms with van der Waals surface area (Å²) in [5.74, 6) is -1.57. The van der Waals surface area contributed by atoms with Crippen molar-refractivity contribution in [2.24, 2.45) is 0 Å². The van der Waals surface area contributed by atoms with E-state index in [2.05, 4.69) is 5.32 Å². The Balaban J connectivity index is 1.77. The zero-order valence-corrected chi connectivity index (χ0v) is 15.5. The molecule has 0 aliphatic carbocycles. The van der Waals surface area contributed by atoms with Crippen LogP contribution in [0.4, 0.5) is 11.4 Å². The summed E-state index contributed by atoms with van der Waals surface area (Å²) in [6, 6.07) is 16.5. The second kappa shape index (κ2) is 8.06. The summed E-state index contributed by atoms with van der Waals surface area (Å²) in [4.78, 5) is 35.2. The number of hydrogen-bond donors (Lipinski definition) is 1. The van der Waals surface area contributed by atoms with Crippen molar-refractivity contribution in [1.29, 1.82) is 0 Å². The topological polar surface area (TPSA) is 98.5 Å². The van der Waals surface area contributed by atoms with E-state index in [1.54, 1.807) is 12.1 Å². The SMILES string of the molecule is C[C@@H](OC(=O)c1cc(Cl)ccc1[N+](=O)[O-])C(=O)Nc1cccc2ccccc12. The van der Waals surface area contributed by atoms with Gasteiger partial charge < -0.3 is 10.1 Å². The minimum absolute atomic E-state index is 0.144. The summed E-state index contributed by atoms with van der Waals surface area (Å²) in [6.45, 7) is 1.38. The Morgan fingerprint density at radius 3 is 2.57 bits per heavy atom. The number of ether oxygens (including phenoxy) is 1. The number of halogens is 1. The monoisotopic (exact) mass is 398 g/mol. The molecule has 0 aliphatic heterocycles. The quantitative estimate of drug-likeness (QED) is 0.385. The maximum absolute atomic E-state index is 12.5. The van der Waals surface area contributed by atoms with Crippen molar-refractivity contribution in [2.45, 2.75) is 13.0 Å². The van der Waals surface area contributed by atoms with Gasteiger partial charge in [-0.3, -0.25) is 14.9 Å². The Morgan fingerprint density at radius 2 is 1.82 bits per heavy atom. The molecule has 0 fully saturated rings. The van der Waals surface area contributed by atoms with Crippen molar-refractivity contribution in [3.05, 3.63) is 81.4 Å². The van der Waals surface area contributed by atoms with Gasteiger partial charge in [0.25, 0.3) is 11.6 Å². The van der Waals surface area contributed by atoms with Crippen LogP contribution in [0.1, 0.15) is 17.3 Å². The van der Waals surface area contributed by atoms with Crippen molar-refractivity contribution in [1.82, 2.24) is 0 Å². The zero-order valence-electron chi connectivity index (χ0n) is 14.7. The molecule has 0 aromatic heterocycles. The lowest BCUT2D eigenvalue weighted by Gasteiger charge is -2.15. The second-order valence-electron chi connectivity index (χ2n) is 5.98. The average Bonchev–Trinajstić information content (AvgIpc) is 2.67. The van der Waals surface area contributed by atoms with Crippen LogP contribution in [0.5, 0.6) is 0 Å². The Kier molecular flexibility index (Phi) is 5.56. The molecule has 0 unspecified atom stereocenters. The van der Waals surface area contributed by atoms with Crippen molar-refractivity contribution >= 4 is 45.6 Å². The van der Waals surface area contributed by atoms with E-state index in [9.17, 15) is 19.7 Å². The van der Waals surface area contributed by atoms with Crippen molar-refractivity contribution < 1.29 is 19.2 Å². The molecule has 7 nitrogen and oxygen atoms in total. The second-order valence-corrected chi connectivity index (χ2v) is 6.42. The number of nitro benzene ring substituents is 1. The fourth-order valence-electron chi connectivity index (χ4n) is 2.68. The first-order chi connectivity index (χ1) is 13.4. The number of anilines is 1. The highest BCUT2D eigenvalue weighted by Crippen LogP contribution is 2.25. The minimum atomic E-state index is -1.18. The van der Waals surface area contributed by atoms with Gasteiger partial charge in [-0.25, -0.2) is 4.79 Å². The van der Waals surface area contributed by atoms with Crippen LogP contribution >= 0.6 is 11.6 Å². The van der Waals surface area contributed by atoms with Crippen molar-refractivity contribution in [3.63, 3.8) is 0 Å². The first-order valence-corrected chi connectivity index (χ1v) is 8.68. The van der Waals surface area contributed by atoms with Gasteiger partial charge in [0.1, 0.15) is 5.56 Å². The summed E-state index contributed by atoms with van der Waals surface area (Å²) in [6.07, 6.45) is -1.18. The minimum Gasteiger partial charge on any atom is -0.449 e. The van der Waals surface area contributed by atoms with Crippen molar-refractivity contribution in [2.75, 3.05) is 5.32 Å². The van der Waals surface area contributed by atoms with Crippen LogP contribution in [-0.2, 0) is 9.53 Å². The van der Waals surface area contributed by atoms with Crippen LogP contribution in [0.25, 0.3) is 10.8 Å². The number of amides is 1. The third-order valence-corrected chi connectivity index (χ3v) is 4.31. The van der Waals surface area contributed by atoms with Gasteiger partial charge in [-0.05, 0) is 30.5 Å². The molecule has 3 rings (SSSR count). The number of benzene rings is 3. The highest BCUT2D eigenvalue weighted by molar-refractivity contribution is 6.31. The summed E-state index contributed by atoms with van der Waals surface area (Å²) in [7, 11) is 0. The number of nitro groups is 1. The molecule has 1 amide bonds. The molecule has 0 aliphatic rings. The van der Waals surface area contributed by atoms with E-state index >= 15 is 0 Å². The number of carbonyl (C=O) groups is 2. The van der Waals surface area contributed by atoms with Crippen LogP contribution in [0.2, 0.25) is 5.02 Å². The molecule has 0 saturated carbocycles. The Bertz CT molecular complexity index is 1080. The van der Waals surface area contributed by atoms with E-state index in [0.29, 0.717) is 5.69 Å². The lowest BCUT2D eigenvalue weighted by atomic mass is 10.1. The molecule has 28 heavy (non-hydrogen) atoms. The van der Waals surface area contributed by atoms with Crippen LogP contribution in [-0.4, -0.2) is 22.9 Å². The predicted octanol–water partition coefficient (Wildman–Crippen LogP) is 4.59. The number of nitrogens with one attached hydrogen (secondary N) is 1. The fraction of sp³-hybridized carbons (Fsp3) is 0.100. The third kappa shape index (κ3) is 4.10. The molecule has 1 N–H and O–H groups in total. The lowest BCUT2D eigenvalue weighted by Crippen LogP contribution is -2.30. The van der Waals surface area contributed by atoms with Crippen molar-refractivity contribution in [3.8, 4) is 0 Å². The van der Waals surface area contributed by atoms with E-state index in [4.69, 9.17) is 16.3 Å². The molecule has 0 radical (unpaired) electrons. The van der Waals surface area contributed by atoms with Crippen LogP contribution in [0.3, 0.4) is 0 Å². The van der Waals surface area contributed by atoms with E-state index in [-0.39, 0.29) is 10.6 Å². The zero-order chi connectivity index (χ0) is 20.3. The number of hydrogen-bond acceptors (Lipinski definition) is 5. The molecule has 0 spiro atoms. The van der Waals surface area contributed by atoms with E-state index in [1.807, 2.05) is 30.3 Å². The molecular formula is C20H15ClN2O5. The molecule has 142 valence electrons. The first kappa shape index (κ1) is 19.3. The standard InChI is InChI=1S/C20H15ClN2O5/c1-12(28-20(25)16-11-14(21)9-10-18(16)23(26)27)19(24)22-17-8-4-6-13-5-2-3-7-15(13)17/h2-12H,1H3,(H,22,24)/t12-/m1/s1. The normalized spacial score (nSPS) is 11.6. The van der Waals surface area contributed by atoms with Gasteiger partial charge in [-0.1, -0.05) is 48.0 Å². The highest BCUT2D eigenvalue weighted by atomic mass is 35.5. The largest absolute Gasteiger partial charge is 0.449 e. The van der Waals surface area contributed by atoms with Crippen LogP contribution in [0, 0.1) is 10.1 Å². The predicted molar refractivity (Wildman–Crippen MR) is 106 cm³/mol. The Labute approximate surface area is 165 Å². The average molecular weight is 399 g/mol. The van der Waals surface area contributed by atoms with Gasteiger partial charge in [-0.15, -0.1) is 0 Å². The lowest BCUT2D eigenvalue weighted by molar-refractivity contribution is -0.385. The number of esters is 1. The molecular weight excluding hydrogens is 384 g/mol. The van der Waals surface area contributed by atoms with Gasteiger partial charge in [0.05, 0.1) is 4.92 Å². The van der Waals surface area contributed by atoms with Gasteiger partial charge >= 0.3 is 5.97 Å². The van der Waals surface area contributed by atoms with Crippen LogP contribution in [0.15, 0.2) is 60.7 Å². The maximum Gasteiger partial charge on any atom is 0.345 e. The smallest absolute Gasteiger partial charge is 0.345 e. The first-order valence-electron chi connectivity index (χ1n) is 8.30. The summed E-state index contributed by atoms with van der Waals surface area (Å²) in [5, 5.41) is 15.7. The highest BCUT2D eigenvalue weighted by Gasteiger charge is 2.26. The summed E-state index contributed by atoms with van der Waals surface area (Å²) in [5.41, 5.74) is -0.196. The molecule has 0 saturated heterocycles. The van der Waals surface area contributed by atoms with E-state index < -0.39 is 28.6 Å². The van der Waals surface area contributed by atoms with Gasteiger partial charge in [0.15, 0.2) is 6.10 Å². The van der Waals surface area contributed by atoms with E-state index in [0.717, 1.165) is 22.9 Å². The molecule has 0 heterocycles. The Hall–Kier alpha value is -3.45. The third-order valence-electron chi connectivity index (χ3n) is 4.08. The number of carbonyl (C=O) groups excluding carboxylic acids is 2. The Morgan fingerprint density at radius 1 is 1.11 bits per heavy atom. The van der Waals surface area contributed by atoms with Crippen LogP contribution < -0.4 is 5.32 Å². The van der Waals surface area contributed by atoms with Gasteiger partial charge in [0, 0.05) is 22.2 Å².